The number of ether oxygens (including phenoxy) is 1. The lowest BCUT2D eigenvalue weighted by molar-refractivity contribution is 0.0696. The summed E-state index contributed by atoms with van der Waals surface area (Å²) >= 11 is 0. The summed E-state index contributed by atoms with van der Waals surface area (Å²) in [6.45, 7) is 6.68. The molecular formula is C17H27NO3. The number of aryl methyl sites for hydroxylation is 1. The molecule has 118 valence electrons. The quantitative estimate of drug-likeness (QED) is 0.803. The lowest BCUT2D eigenvalue weighted by Crippen LogP contribution is -2.35. The molecule has 3 atom stereocenters. The molecule has 2 N–H and O–H groups in total. The molecule has 4 heteroatoms. The third kappa shape index (κ3) is 4.99. The molecule has 1 aromatic rings. The summed E-state index contributed by atoms with van der Waals surface area (Å²) in [7, 11) is 0. The number of nitrogens with zero attached hydrogens (tertiary/aromatic N) is 1. The Morgan fingerprint density at radius 1 is 1.29 bits per heavy atom. The van der Waals surface area contributed by atoms with Crippen LogP contribution in [0.4, 0.5) is 0 Å². The van der Waals surface area contributed by atoms with Gasteiger partial charge >= 0.3 is 0 Å². The largest absolute Gasteiger partial charge is 0.491 e. The normalized spacial score (nSPS) is 22.2. The van der Waals surface area contributed by atoms with E-state index in [1.54, 1.807) is 0 Å². The average Bonchev–Trinajstić information content (AvgIpc) is 2.94. The second kappa shape index (κ2) is 7.78. The topological polar surface area (TPSA) is 52.9 Å². The van der Waals surface area contributed by atoms with E-state index in [-0.39, 0.29) is 6.10 Å². The van der Waals surface area contributed by atoms with Crippen LogP contribution >= 0.6 is 0 Å². The standard InChI is InChI=1S/C17H27NO3/c1-3-14-4-6-17(7-5-14)21-12-16(20)11-18-9-8-15(10-18)13(2)19/h4-7,13,15-16,19-20H,3,8-12H2,1-2H3. The maximum atomic E-state index is 10.1. The molecule has 1 saturated heterocycles. The Morgan fingerprint density at radius 2 is 2.00 bits per heavy atom. The minimum atomic E-state index is -0.497. The third-order valence-corrected chi connectivity index (χ3v) is 4.23. The van der Waals surface area contributed by atoms with Crippen LogP contribution in [0.3, 0.4) is 0 Å². The van der Waals surface area contributed by atoms with Gasteiger partial charge in [-0.25, -0.2) is 0 Å². The predicted octanol–water partition coefficient (Wildman–Crippen LogP) is 1.69. The van der Waals surface area contributed by atoms with Crippen molar-refractivity contribution < 1.29 is 14.9 Å². The zero-order valence-electron chi connectivity index (χ0n) is 13.0. The van der Waals surface area contributed by atoms with E-state index < -0.39 is 6.10 Å². The molecule has 0 amide bonds. The number of aliphatic hydroxyl groups is 2. The Bertz CT molecular complexity index is 419. The van der Waals surface area contributed by atoms with Crippen molar-refractivity contribution in [2.24, 2.45) is 5.92 Å². The number of aliphatic hydroxyl groups excluding tert-OH is 2. The smallest absolute Gasteiger partial charge is 0.119 e. The van der Waals surface area contributed by atoms with E-state index in [0.29, 0.717) is 19.1 Å². The molecule has 2 rings (SSSR count). The molecule has 1 aromatic carbocycles. The number of hydrogen-bond acceptors (Lipinski definition) is 4. The summed E-state index contributed by atoms with van der Waals surface area (Å²) in [5, 5.41) is 19.7. The first-order chi connectivity index (χ1) is 10.1. The van der Waals surface area contributed by atoms with E-state index in [1.165, 1.54) is 5.56 Å². The Kier molecular flexibility index (Phi) is 6.03. The van der Waals surface area contributed by atoms with Crippen LogP contribution in [0.25, 0.3) is 0 Å². The van der Waals surface area contributed by atoms with E-state index in [2.05, 4.69) is 24.0 Å². The molecule has 21 heavy (non-hydrogen) atoms. The van der Waals surface area contributed by atoms with Crippen LogP contribution < -0.4 is 4.74 Å². The van der Waals surface area contributed by atoms with Gasteiger partial charge < -0.3 is 19.8 Å². The van der Waals surface area contributed by atoms with E-state index >= 15 is 0 Å². The van der Waals surface area contributed by atoms with Gasteiger partial charge in [0.2, 0.25) is 0 Å². The first-order valence-corrected chi connectivity index (χ1v) is 7.88. The minimum Gasteiger partial charge on any atom is -0.491 e. The van der Waals surface area contributed by atoms with Crippen LogP contribution in [0, 0.1) is 5.92 Å². The van der Waals surface area contributed by atoms with Crippen molar-refractivity contribution in [1.82, 2.24) is 4.90 Å². The fourth-order valence-corrected chi connectivity index (χ4v) is 2.79. The molecular weight excluding hydrogens is 266 g/mol. The Balaban J connectivity index is 1.71. The number of benzene rings is 1. The van der Waals surface area contributed by atoms with Crippen molar-refractivity contribution in [3.63, 3.8) is 0 Å². The number of β-amino-alcohol motifs (C(OH)–C–C–N with tert-alkyl or cyclic N) is 1. The second-order valence-corrected chi connectivity index (χ2v) is 6.01. The van der Waals surface area contributed by atoms with E-state index in [0.717, 1.165) is 31.7 Å². The lowest BCUT2D eigenvalue weighted by Gasteiger charge is -2.21. The van der Waals surface area contributed by atoms with Gasteiger partial charge in [-0.05, 0) is 49.9 Å². The highest BCUT2D eigenvalue weighted by Crippen LogP contribution is 2.20. The van der Waals surface area contributed by atoms with Crippen LogP contribution in [0.5, 0.6) is 5.75 Å². The minimum absolute atomic E-state index is 0.263. The van der Waals surface area contributed by atoms with Crippen LogP contribution in [0.15, 0.2) is 24.3 Å². The maximum absolute atomic E-state index is 10.1. The Morgan fingerprint density at radius 3 is 2.57 bits per heavy atom. The highest BCUT2D eigenvalue weighted by Gasteiger charge is 2.27. The van der Waals surface area contributed by atoms with Gasteiger partial charge in [0.15, 0.2) is 0 Å². The van der Waals surface area contributed by atoms with Gasteiger partial charge in [0, 0.05) is 13.1 Å². The van der Waals surface area contributed by atoms with Gasteiger partial charge in [-0.1, -0.05) is 19.1 Å². The highest BCUT2D eigenvalue weighted by atomic mass is 16.5. The summed E-state index contributed by atoms with van der Waals surface area (Å²) in [6.07, 6.45) is 1.26. The second-order valence-electron chi connectivity index (χ2n) is 6.01. The van der Waals surface area contributed by atoms with Crippen LogP contribution in [0.1, 0.15) is 25.8 Å². The molecule has 0 spiro atoms. The van der Waals surface area contributed by atoms with Crippen molar-refractivity contribution in [1.29, 1.82) is 0 Å². The molecule has 4 nitrogen and oxygen atoms in total. The van der Waals surface area contributed by atoms with Gasteiger partial charge in [0.1, 0.15) is 18.5 Å². The first kappa shape index (κ1) is 16.3. The summed E-state index contributed by atoms with van der Waals surface area (Å²) in [5.74, 6) is 1.13. The molecule has 3 unspecified atom stereocenters. The van der Waals surface area contributed by atoms with Crippen molar-refractivity contribution in [2.75, 3.05) is 26.2 Å². The molecule has 0 radical (unpaired) electrons. The van der Waals surface area contributed by atoms with Crippen molar-refractivity contribution in [2.45, 2.75) is 38.9 Å². The molecule has 1 fully saturated rings. The SMILES string of the molecule is CCc1ccc(OCC(O)CN2CCC(C(C)O)C2)cc1. The van der Waals surface area contributed by atoms with Crippen molar-refractivity contribution in [3.8, 4) is 5.75 Å². The monoisotopic (exact) mass is 293 g/mol. The summed E-state index contributed by atoms with van der Waals surface area (Å²) in [6, 6.07) is 8.00. The summed E-state index contributed by atoms with van der Waals surface area (Å²) in [5.41, 5.74) is 1.28. The Labute approximate surface area is 127 Å². The molecule has 0 aliphatic carbocycles. The van der Waals surface area contributed by atoms with E-state index in [1.807, 2.05) is 19.1 Å². The van der Waals surface area contributed by atoms with Crippen molar-refractivity contribution in [3.05, 3.63) is 29.8 Å². The third-order valence-electron chi connectivity index (χ3n) is 4.23. The first-order valence-electron chi connectivity index (χ1n) is 7.88. The zero-order chi connectivity index (χ0) is 15.2. The Hall–Kier alpha value is -1.10. The van der Waals surface area contributed by atoms with Gasteiger partial charge in [0.25, 0.3) is 0 Å². The molecule has 1 aliphatic heterocycles. The van der Waals surface area contributed by atoms with Gasteiger partial charge in [-0.15, -0.1) is 0 Å². The van der Waals surface area contributed by atoms with Crippen molar-refractivity contribution >= 4 is 0 Å². The molecule has 1 aliphatic rings. The number of hydrogen-bond donors (Lipinski definition) is 2. The highest BCUT2D eigenvalue weighted by molar-refractivity contribution is 5.27. The fourth-order valence-electron chi connectivity index (χ4n) is 2.79. The van der Waals surface area contributed by atoms with Gasteiger partial charge in [0.05, 0.1) is 6.10 Å². The molecule has 0 aromatic heterocycles. The molecule has 1 heterocycles. The van der Waals surface area contributed by atoms with Crippen LogP contribution in [0.2, 0.25) is 0 Å². The van der Waals surface area contributed by atoms with Crippen LogP contribution in [-0.4, -0.2) is 53.6 Å². The number of likely N-dealkylation sites (tertiary alicyclic amines) is 1. The lowest BCUT2D eigenvalue weighted by atomic mass is 10.0. The maximum Gasteiger partial charge on any atom is 0.119 e. The number of rotatable bonds is 7. The summed E-state index contributed by atoms with van der Waals surface area (Å²) < 4.78 is 5.63. The van der Waals surface area contributed by atoms with Crippen LogP contribution in [-0.2, 0) is 6.42 Å². The summed E-state index contributed by atoms with van der Waals surface area (Å²) in [4.78, 5) is 2.20. The van der Waals surface area contributed by atoms with E-state index in [4.69, 9.17) is 4.74 Å². The van der Waals surface area contributed by atoms with E-state index in [9.17, 15) is 10.2 Å². The molecule has 0 bridgehead atoms. The van der Waals surface area contributed by atoms with Gasteiger partial charge in [-0.2, -0.15) is 0 Å². The fraction of sp³-hybridized carbons (Fsp3) is 0.647. The predicted molar refractivity (Wildman–Crippen MR) is 83.5 cm³/mol. The van der Waals surface area contributed by atoms with Gasteiger partial charge in [-0.3, -0.25) is 0 Å². The molecule has 0 saturated carbocycles. The average molecular weight is 293 g/mol. The zero-order valence-corrected chi connectivity index (χ0v) is 13.0.